The van der Waals surface area contributed by atoms with Crippen LogP contribution in [0.15, 0.2) is 16.6 Å². The second-order valence-electron chi connectivity index (χ2n) is 5.30. The molecule has 3 nitrogen and oxygen atoms in total. The number of carbonyl (C=O) groups is 2. The predicted molar refractivity (Wildman–Crippen MR) is 78.8 cm³/mol. The molecule has 0 aromatic heterocycles. The number of rotatable bonds is 4. The number of halogens is 4. The average molecular weight is 378 g/mol. The molecule has 1 amide bonds. The van der Waals surface area contributed by atoms with Crippen LogP contribution in [0.3, 0.4) is 0 Å². The Hall–Kier alpha value is -1.37. The minimum atomic E-state index is -4.98. The van der Waals surface area contributed by atoms with Gasteiger partial charge in [-0.3, -0.25) is 9.59 Å². The molecule has 0 radical (unpaired) electrons. The third-order valence-corrected chi connectivity index (χ3v) is 4.38. The molecule has 0 saturated heterocycles. The van der Waals surface area contributed by atoms with Gasteiger partial charge in [0.05, 0.1) is 6.04 Å². The van der Waals surface area contributed by atoms with E-state index >= 15 is 0 Å². The maximum absolute atomic E-state index is 12.3. The van der Waals surface area contributed by atoms with Crippen molar-refractivity contribution in [3.63, 3.8) is 0 Å². The fourth-order valence-corrected chi connectivity index (χ4v) is 3.06. The van der Waals surface area contributed by atoms with Gasteiger partial charge in [-0.1, -0.05) is 29.3 Å². The Labute approximate surface area is 134 Å². The maximum atomic E-state index is 12.3. The van der Waals surface area contributed by atoms with Crippen molar-refractivity contribution in [1.82, 2.24) is 5.32 Å². The van der Waals surface area contributed by atoms with E-state index in [1.54, 1.807) is 17.4 Å². The zero-order valence-electron chi connectivity index (χ0n) is 11.9. The number of carbonyl (C=O) groups excluding carboxylic acids is 2. The summed E-state index contributed by atoms with van der Waals surface area (Å²) in [6.07, 6.45) is -2.15. The first-order chi connectivity index (χ1) is 10.2. The Kier molecular flexibility index (Phi) is 4.94. The molecule has 0 bridgehead atoms. The van der Waals surface area contributed by atoms with Gasteiger partial charge in [-0.2, -0.15) is 13.2 Å². The first-order valence-electron chi connectivity index (χ1n) is 6.97. The number of hydrogen-bond acceptors (Lipinski definition) is 2. The summed E-state index contributed by atoms with van der Waals surface area (Å²) >= 11 is 3.42. The molecule has 1 unspecified atom stereocenters. The SMILES string of the molecule is CCCCc1cc2c(cc1Br)CC(NC(=O)C(F)(F)F)C2=O. The van der Waals surface area contributed by atoms with Crippen molar-refractivity contribution in [2.24, 2.45) is 0 Å². The van der Waals surface area contributed by atoms with Crippen LogP contribution in [0.2, 0.25) is 0 Å². The van der Waals surface area contributed by atoms with Crippen molar-refractivity contribution >= 4 is 27.6 Å². The number of hydrogen-bond donors (Lipinski definition) is 1. The van der Waals surface area contributed by atoms with Gasteiger partial charge in [-0.25, -0.2) is 0 Å². The van der Waals surface area contributed by atoms with Crippen molar-refractivity contribution < 1.29 is 22.8 Å². The highest BCUT2D eigenvalue weighted by Gasteiger charge is 2.42. The smallest absolute Gasteiger partial charge is 0.338 e. The van der Waals surface area contributed by atoms with Crippen molar-refractivity contribution in [1.29, 1.82) is 0 Å². The summed E-state index contributed by atoms with van der Waals surface area (Å²) in [5.74, 6) is -2.54. The van der Waals surface area contributed by atoms with Gasteiger partial charge in [-0.15, -0.1) is 0 Å². The highest BCUT2D eigenvalue weighted by Crippen LogP contribution is 2.30. The number of fused-ring (bicyclic) bond motifs is 1. The van der Waals surface area contributed by atoms with Gasteiger partial charge in [0.1, 0.15) is 0 Å². The summed E-state index contributed by atoms with van der Waals surface area (Å²) in [4.78, 5) is 23.2. The fourth-order valence-electron chi connectivity index (χ4n) is 2.47. The monoisotopic (exact) mass is 377 g/mol. The van der Waals surface area contributed by atoms with Crippen LogP contribution in [0.5, 0.6) is 0 Å². The number of ketones is 1. The number of benzene rings is 1. The highest BCUT2D eigenvalue weighted by atomic mass is 79.9. The third kappa shape index (κ3) is 3.51. The van der Waals surface area contributed by atoms with Crippen LogP contribution in [0, 0.1) is 0 Å². The molecule has 0 spiro atoms. The van der Waals surface area contributed by atoms with Crippen LogP contribution in [0.1, 0.15) is 41.3 Å². The molecule has 1 aliphatic rings. The molecule has 0 saturated carbocycles. The topological polar surface area (TPSA) is 46.2 Å². The molecular formula is C15H15BrF3NO2. The third-order valence-electron chi connectivity index (χ3n) is 3.64. The van der Waals surface area contributed by atoms with Gasteiger partial charge in [0.15, 0.2) is 5.78 Å². The van der Waals surface area contributed by atoms with E-state index in [2.05, 4.69) is 22.9 Å². The van der Waals surface area contributed by atoms with E-state index in [4.69, 9.17) is 0 Å². The second kappa shape index (κ2) is 6.40. The number of amides is 1. The van der Waals surface area contributed by atoms with E-state index in [0.29, 0.717) is 11.1 Å². The molecule has 120 valence electrons. The van der Waals surface area contributed by atoms with E-state index in [1.165, 1.54) is 0 Å². The lowest BCUT2D eigenvalue weighted by Crippen LogP contribution is -2.45. The number of nitrogens with one attached hydrogen (secondary N) is 1. The molecule has 1 aliphatic carbocycles. The Morgan fingerprint density at radius 3 is 2.68 bits per heavy atom. The second-order valence-corrected chi connectivity index (χ2v) is 6.15. The molecule has 1 atom stereocenters. The molecule has 1 aromatic carbocycles. The summed E-state index contributed by atoms with van der Waals surface area (Å²) in [5.41, 5.74) is 2.02. The standard InChI is InChI=1S/C15H15BrF3NO2/c1-2-3-4-8-5-10-9(6-11(8)16)7-12(13(10)21)20-14(22)15(17,18)19/h5-6,12H,2-4,7H2,1H3,(H,20,22). The summed E-state index contributed by atoms with van der Waals surface area (Å²) < 4.78 is 37.7. The fraction of sp³-hybridized carbons (Fsp3) is 0.467. The molecule has 1 N–H and O–H groups in total. The van der Waals surface area contributed by atoms with Crippen molar-refractivity contribution in [2.45, 2.75) is 44.8 Å². The van der Waals surface area contributed by atoms with Gasteiger partial charge >= 0.3 is 12.1 Å². The number of unbranched alkanes of at least 4 members (excludes halogenated alkanes) is 1. The Morgan fingerprint density at radius 1 is 1.41 bits per heavy atom. The lowest BCUT2D eigenvalue weighted by Gasteiger charge is -2.12. The van der Waals surface area contributed by atoms with Gasteiger partial charge in [0.2, 0.25) is 0 Å². The van der Waals surface area contributed by atoms with Crippen LogP contribution in [0.4, 0.5) is 13.2 Å². The molecule has 0 heterocycles. The lowest BCUT2D eigenvalue weighted by atomic mass is 10.0. The summed E-state index contributed by atoms with van der Waals surface area (Å²) in [6, 6.07) is 2.34. The van der Waals surface area contributed by atoms with Crippen LogP contribution in [-0.2, 0) is 17.6 Å². The minimum absolute atomic E-state index is 0.0860. The van der Waals surface area contributed by atoms with Gasteiger partial charge in [0, 0.05) is 16.5 Å². The first kappa shape index (κ1) is 17.0. The Morgan fingerprint density at radius 2 is 2.09 bits per heavy atom. The average Bonchev–Trinajstić information content (AvgIpc) is 2.71. The van der Waals surface area contributed by atoms with E-state index in [-0.39, 0.29) is 6.42 Å². The van der Waals surface area contributed by atoms with Crippen LogP contribution in [0.25, 0.3) is 0 Å². The highest BCUT2D eigenvalue weighted by molar-refractivity contribution is 9.10. The molecule has 1 aromatic rings. The van der Waals surface area contributed by atoms with Crippen molar-refractivity contribution in [2.75, 3.05) is 0 Å². The molecule has 22 heavy (non-hydrogen) atoms. The number of alkyl halides is 3. The van der Waals surface area contributed by atoms with Gasteiger partial charge in [0.25, 0.3) is 0 Å². The minimum Gasteiger partial charge on any atom is -0.338 e. The molecule has 2 rings (SSSR count). The maximum Gasteiger partial charge on any atom is 0.471 e. The van der Waals surface area contributed by atoms with Crippen molar-refractivity contribution in [3.05, 3.63) is 33.3 Å². The summed E-state index contributed by atoms with van der Waals surface area (Å²) in [6.45, 7) is 2.05. The molecule has 0 aliphatic heterocycles. The first-order valence-corrected chi connectivity index (χ1v) is 7.76. The summed E-state index contributed by atoms with van der Waals surface area (Å²) in [7, 11) is 0. The van der Waals surface area contributed by atoms with Crippen LogP contribution >= 0.6 is 15.9 Å². The Bertz CT molecular complexity index is 614. The largest absolute Gasteiger partial charge is 0.471 e. The zero-order chi connectivity index (χ0) is 16.5. The van der Waals surface area contributed by atoms with E-state index in [9.17, 15) is 22.8 Å². The lowest BCUT2D eigenvalue weighted by molar-refractivity contribution is -0.174. The molecule has 0 fully saturated rings. The van der Waals surface area contributed by atoms with E-state index < -0.39 is 23.9 Å². The molecule has 7 heteroatoms. The zero-order valence-corrected chi connectivity index (χ0v) is 13.5. The predicted octanol–water partition coefficient (Wildman–Crippen LogP) is 3.58. The summed E-state index contributed by atoms with van der Waals surface area (Å²) in [5, 5.41) is 1.77. The van der Waals surface area contributed by atoms with Crippen LogP contribution < -0.4 is 5.32 Å². The van der Waals surface area contributed by atoms with E-state index in [0.717, 1.165) is 29.3 Å². The Balaban J connectivity index is 2.19. The normalized spacial score (nSPS) is 17.5. The van der Waals surface area contributed by atoms with Crippen LogP contribution in [-0.4, -0.2) is 23.9 Å². The van der Waals surface area contributed by atoms with Crippen molar-refractivity contribution in [3.8, 4) is 0 Å². The van der Waals surface area contributed by atoms with Gasteiger partial charge in [-0.05, 0) is 36.1 Å². The number of Topliss-reactive ketones (excluding diaryl/α,β-unsaturated/α-hetero) is 1. The van der Waals surface area contributed by atoms with E-state index in [1.807, 2.05) is 0 Å². The quantitative estimate of drug-likeness (QED) is 0.871. The molecular weight excluding hydrogens is 363 g/mol. The number of aryl methyl sites for hydroxylation is 1. The van der Waals surface area contributed by atoms with Gasteiger partial charge < -0.3 is 5.32 Å².